The molecule has 6 heteroatoms. The van der Waals surface area contributed by atoms with Crippen LogP contribution in [0.15, 0.2) is 12.3 Å². The van der Waals surface area contributed by atoms with Gasteiger partial charge >= 0.3 is 0 Å². The standard InChI is InChI=1S/C15H21N5O/c1-9-11-6-10(7-17-13(11)19-18-9)14(21)20-5-4-12(16)15(2,3)8-20/h6-7,12H,4-5,8,16H2,1-3H3,(H,17,18,19). The Labute approximate surface area is 123 Å². The fraction of sp³-hybridized carbons (Fsp3) is 0.533. The lowest BCUT2D eigenvalue weighted by molar-refractivity contribution is 0.0533. The van der Waals surface area contributed by atoms with Crippen molar-refractivity contribution in [2.75, 3.05) is 13.1 Å². The van der Waals surface area contributed by atoms with Crippen molar-refractivity contribution in [1.29, 1.82) is 0 Å². The lowest BCUT2D eigenvalue weighted by Crippen LogP contribution is -2.54. The molecule has 3 rings (SSSR count). The Balaban J connectivity index is 1.88. The number of nitrogens with two attached hydrogens (primary N) is 1. The molecule has 2 aromatic rings. The number of fused-ring (bicyclic) bond motifs is 1. The molecule has 2 aromatic heterocycles. The van der Waals surface area contributed by atoms with E-state index in [0.717, 1.165) is 17.5 Å². The number of carbonyl (C=O) groups excluding carboxylic acids is 1. The van der Waals surface area contributed by atoms with Gasteiger partial charge in [0.25, 0.3) is 5.91 Å². The maximum absolute atomic E-state index is 12.7. The Morgan fingerprint density at radius 2 is 2.29 bits per heavy atom. The summed E-state index contributed by atoms with van der Waals surface area (Å²) in [5.74, 6) is 0.0185. The minimum absolute atomic E-state index is 0.0185. The van der Waals surface area contributed by atoms with Crippen LogP contribution in [0.2, 0.25) is 0 Å². The third-order valence-corrected chi connectivity index (χ3v) is 4.45. The van der Waals surface area contributed by atoms with Gasteiger partial charge < -0.3 is 10.6 Å². The van der Waals surface area contributed by atoms with E-state index in [1.165, 1.54) is 0 Å². The number of hydrogen-bond acceptors (Lipinski definition) is 4. The quantitative estimate of drug-likeness (QED) is 0.831. The summed E-state index contributed by atoms with van der Waals surface area (Å²) in [4.78, 5) is 18.8. The van der Waals surface area contributed by atoms with Crippen LogP contribution in [0.5, 0.6) is 0 Å². The molecular weight excluding hydrogens is 266 g/mol. The average molecular weight is 287 g/mol. The zero-order valence-corrected chi connectivity index (χ0v) is 12.7. The minimum atomic E-state index is -0.0585. The van der Waals surface area contributed by atoms with Crippen LogP contribution in [0.4, 0.5) is 0 Å². The first-order valence-electron chi connectivity index (χ1n) is 7.24. The minimum Gasteiger partial charge on any atom is -0.338 e. The van der Waals surface area contributed by atoms with Crippen molar-refractivity contribution in [3.8, 4) is 0 Å². The van der Waals surface area contributed by atoms with Gasteiger partial charge in [-0.1, -0.05) is 13.8 Å². The smallest absolute Gasteiger partial charge is 0.255 e. The van der Waals surface area contributed by atoms with Crippen LogP contribution >= 0.6 is 0 Å². The second-order valence-corrected chi connectivity index (χ2v) is 6.55. The summed E-state index contributed by atoms with van der Waals surface area (Å²) in [6.45, 7) is 7.52. The van der Waals surface area contributed by atoms with Crippen molar-refractivity contribution < 1.29 is 4.79 Å². The lowest BCUT2D eigenvalue weighted by Gasteiger charge is -2.42. The fourth-order valence-electron chi connectivity index (χ4n) is 2.87. The Bertz CT molecular complexity index is 690. The molecule has 21 heavy (non-hydrogen) atoms. The number of pyridine rings is 1. The molecule has 1 amide bonds. The molecule has 0 bridgehead atoms. The van der Waals surface area contributed by atoms with Crippen LogP contribution in [0.1, 0.15) is 36.3 Å². The lowest BCUT2D eigenvalue weighted by atomic mass is 9.79. The van der Waals surface area contributed by atoms with Crippen LogP contribution in [0.25, 0.3) is 11.0 Å². The van der Waals surface area contributed by atoms with Crippen molar-refractivity contribution in [3.05, 3.63) is 23.5 Å². The number of nitrogens with one attached hydrogen (secondary N) is 1. The van der Waals surface area contributed by atoms with E-state index in [4.69, 9.17) is 5.73 Å². The van der Waals surface area contributed by atoms with E-state index < -0.39 is 0 Å². The van der Waals surface area contributed by atoms with Crippen LogP contribution in [0.3, 0.4) is 0 Å². The van der Waals surface area contributed by atoms with Crippen molar-refractivity contribution in [2.24, 2.45) is 11.1 Å². The van der Waals surface area contributed by atoms with E-state index in [1.54, 1.807) is 6.20 Å². The molecule has 0 aliphatic carbocycles. The number of likely N-dealkylation sites (tertiary alicyclic amines) is 1. The molecule has 0 spiro atoms. The number of hydrogen-bond donors (Lipinski definition) is 2. The van der Waals surface area contributed by atoms with Crippen LogP contribution in [-0.4, -0.2) is 45.1 Å². The predicted molar refractivity (Wildman–Crippen MR) is 80.9 cm³/mol. The summed E-state index contributed by atoms with van der Waals surface area (Å²) < 4.78 is 0. The van der Waals surface area contributed by atoms with Crippen molar-refractivity contribution >= 4 is 16.9 Å². The van der Waals surface area contributed by atoms with Crippen LogP contribution < -0.4 is 5.73 Å². The summed E-state index contributed by atoms with van der Waals surface area (Å²) in [6, 6.07) is 2.00. The number of carbonyl (C=O) groups is 1. The third-order valence-electron chi connectivity index (χ3n) is 4.45. The highest BCUT2D eigenvalue weighted by Gasteiger charge is 2.35. The second-order valence-electron chi connectivity index (χ2n) is 6.55. The first-order chi connectivity index (χ1) is 9.88. The SMILES string of the molecule is Cc1[nH]nc2ncc(C(=O)N3CCC(N)C(C)(C)C3)cc12. The van der Waals surface area contributed by atoms with Crippen LogP contribution in [-0.2, 0) is 0 Å². The van der Waals surface area contributed by atoms with Crippen molar-refractivity contribution in [2.45, 2.75) is 33.2 Å². The maximum Gasteiger partial charge on any atom is 0.255 e. The highest BCUT2D eigenvalue weighted by atomic mass is 16.2. The van der Waals surface area contributed by atoms with Gasteiger partial charge in [0, 0.05) is 36.4 Å². The van der Waals surface area contributed by atoms with E-state index >= 15 is 0 Å². The zero-order valence-electron chi connectivity index (χ0n) is 12.7. The number of piperidine rings is 1. The molecular formula is C15H21N5O. The van der Waals surface area contributed by atoms with Crippen molar-refractivity contribution in [1.82, 2.24) is 20.1 Å². The number of aryl methyl sites for hydroxylation is 1. The molecule has 1 atom stereocenters. The summed E-state index contributed by atoms with van der Waals surface area (Å²) in [7, 11) is 0. The molecule has 3 heterocycles. The van der Waals surface area contributed by atoms with Gasteiger partial charge in [0.15, 0.2) is 5.65 Å². The largest absolute Gasteiger partial charge is 0.338 e. The number of amides is 1. The van der Waals surface area contributed by atoms with Gasteiger partial charge in [-0.05, 0) is 24.8 Å². The number of rotatable bonds is 1. The van der Waals surface area contributed by atoms with Gasteiger partial charge in [-0.15, -0.1) is 0 Å². The molecule has 1 fully saturated rings. The molecule has 1 aliphatic rings. The molecule has 1 unspecified atom stereocenters. The van der Waals surface area contributed by atoms with Crippen molar-refractivity contribution in [3.63, 3.8) is 0 Å². The summed E-state index contributed by atoms with van der Waals surface area (Å²) >= 11 is 0. The number of aromatic nitrogens is 3. The molecule has 112 valence electrons. The Kier molecular flexibility index (Phi) is 3.20. The number of nitrogens with zero attached hydrogens (tertiary/aromatic N) is 3. The summed E-state index contributed by atoms with van der Waals surface area (Å²) in [6.07, 6.45) is 2.44. The molecule has 0 saturated carbocycles. The number of H-pyrrole nitrogens is 1. The predicted octanol–water partition coefficient (Wildman–Crippen LogP) is 1.47. The molecule has 6 nitrogen and oxygen atoms in total. The van der Waals surface area contributed by atoms with Gasteiger partial charge in [0.2, 0.25) is 0 Å². The molecule has 1 aliphatic heterocycles. The molecule has 0 aromatic carbocycles. The fourth-order valence-corrected chi connectivity index (χ4v) is 2.87. The Morgan fingerprint density at radius 3 is 3.00 bits per heavy atom. The first-order valence-corrected chi connectivity index (χ1v) is 7.24. The highest BCUT2D eigenvalue weighted by Crippen LogP contribution is 2.28. The van der Waals surface area contributed by atoms with Crippen LogP contribution in [0, 0.1) is 12.3 Å². The summed E-state index contributed by atoms with van der Waals surface area (Å²) in [5, 5.41) is 7.87. The van der Waals surface area contributed by atoms with E-state index in [1.807, 2.05) is 17.9 Å². The maximum atomic E-state index is 12.7. The first kappa shape index (κ1) is 14.0. The normalized spacial score (nSPS) is 21.7. The van der Waals surface area contributed by atoms with Gasteiger partial charge in [-0.25, -0.2) is 4.98 Å². The highest BCUT2D eigenvalue weighted by molar-refractivity contribution is 5.97. The van der Waals surface area contributed by atoms with E-state index in [-0.39, 0.29) is 17.4 Å². The Hall–Kier alpha value is -1.95. The van der Waals surface area contributed by atoms with Gasteiger partial charge in [0.1, 0.15) is 0 Å². The summed E-state index contributed by atoms with van der Waals surface area (Å²) in [5.41, 5.74) is 8.25. The third kappa shape index (κ3) is 2.40. The number of aromatic amines is 1. The molecule has 0 radical (unpaired) electrons. The second kappa shape index (κ2) is 4.80. The van der Waals surface area contributed by atoms with E-state index in [0.29, 0.717) is 24.3 Å². The van der Waals surface area contributed by atoms with Gasteiger partial charge in [0.05, 0.1) is 5.56 Å². The topological polar surface area (TPSA) is 87.9 Å². The van der Waals surface area contributed by atoms with Gasteiger partial charge in [-0.3, -0.25) is 9.89 Å². The molecule has 1 saturated heterocycles. The molecule has 3 N–H and O–H groups in total. The monoisotopic (exact) mass is 287 g/mol. The van der Waals surface area contributed by atoms with E-state index in [2.05, 4.69) is 29.0 Å². The zero-order chi connectivity index (χ0) is 15.2. The average Bonchev–Trinajstić information content (AvgIpc) is 2.82. The van der Waals surface area contributed by atoms with E-state index in [9.17, 15) is 4.79 Å². The van der Waals surface area contributed by atoms with Gasteiger partial charge in [-0.2, -0.15) is 5.10 Å². The Morgan fingerprint density at radius 1 is 1.52 bits per heavy atom.